The van der Waals surface area contributed by atoms with Gasteiger partial charge in [0.25, 0.3) is 0 Å². The van der Waals surface area contributed by atoms with E-state index in [9.17, 15) is 14.4 Å². The number of carboxylic acid groups (broad SMARTS) is 3. The van der Waals surface area contributed by atoms with Gasteiger partial charge in [0.1, 0.15) is 6.04 Å². The molecule has 0 radical (unpaired) electrons. The van der Waals surface area contributed by atoms with Crippen molar-refractivity contribution in [2.75, 3.05) is 13.1 Å². The molecule has 0 aliphatic carbocycles. The molecular formula is C7H14NNa3O6. The van der Waals surface area contributed by atoms with E-state index in [-0.39, 0.29) is 93.0 Å². The Morgan fingerprint density at radius 3 is 1.47 bits per heavy atom. The average Bonchev–Trinajstić information content (AvgIpc) is 1.99. The summed E-state index contributed by atoms with van der Waals surface area (Å²) in [6.45, 7) is 0.00769. The Labute approximate surface area is 169 Å². The maximum atomic E-state index is 10.5. The molecule has 0 saturated carbocycles. The number of hydrogen-bond donors (Lipinski definition) is 3. The Hall–Kier alpha value is 1.37. The van der Waals surface area contributed by atoms with Crippen LogP contribution in [-0.4, -0.2) is 57.3 Å². The van der Waals surface area contributed by atoms with Gasteiger partial charge in [0.05, 0.1) is 13.1 Å². The van der Waals surface area contributed by atoms with Gasteiger partial charge in [-0.25, -0.2) is 0 Å². The van der Waals surface area contributed by atoms with Gasteiger partial charge in [-0.3, -0.25) is 19.3 Å². The van der Waals surface area contributed by atoms with Crippen LogP contribution < -0.4 is 88.7 Å². The summed E-state index contributed by atoms with van der Waals surface area (Å²) >= 11 is 0. The molecule has 0 amide bonds. The van der Waals surface area contributed by atoms with Gasteiger partial charge in [0, 0.05) is 0 Å². The Kier molecular flexibility index (Phi) is 21.8. The molecule has 86 valence electrons. The average molecular weight is 277 g/mol. The first-order chi connectivity index (χ1) is 6.34. The summed E-state index contributed by atoms with van der Waals surface area (Å²) in [6, 6.07) is -1.14. The van der Waals surface area contributed by atoms with Crippen LogP contribution >= 0.6 is 0 Å². The van der Waals surface area contributed by atoms with Crippen molar-refractivity contribution in [1.82, 2.24) is 4.90 Å². The Morgan fingerprint density at radius 2 is 1.29 bits per heavy atom. The minimum atomic E-state index is -1.26. The zero-order chi connectivity index (χ0) is 11.3. The van der Waals surface area contributed by atoms with E-state index in [0.29, 0.717) is 0 Å². The molecule has 0 aliphatic rings. The molecular weight excluding hydrogens is 263 g/mol. The van der Waals surface area contributed by atoms with Crippen molar-refractivity contribution in [3.8, 4) is 0 Å². The Bertz CT molecular complexity index is 258. The number of carbonyl (C=O) groups is 3. The van der Waals surface area contributed by atoms with Gasteiger partial charge < -0.3 is 19.6 Å². The molecule has 3 N–H and O–H groups in total. The summed E-state index contributed by atoms with van der Waals surface area (Å²) in [5.74, 6) is -3.79. The molecule has 0 aliphatic heterocycles. The molecule has 0 spiro atoms. The topological polar surface area (TPSA) is 115 Å². The quantitative estimate of drug-likeness (QED) is 0.413. The van der Waals surface area contributed by atoms with Crippen molar-refractivity contribution in [3.63, 3.8) is 0 Å². The summed E-state index contributed by atoms with van der Waals surface area (Å²) in [6.07, 6.45) is 0. The first-order valence-electron chi connectivity index (χ1n) is 3.75. The van der Waals surface area contributed by atoms with Gasteiger partial charge in [-0.05, 0) is 6.92 Å². The molecule has 7 nitrogen and oxygen atoms in total. The maximum absolute atomic E-state index is 10.5. The second-order valence-electron chi connectivity index (χ2n) is 2.71. The van der Waals surface area contributed by atoms with Gasteiger partial charge in [0.2, 0.25) is 0 Å². The SMILES string of the molecule is CC(C(=O)O)N(CC(=O)O)CC(=O)O.[H-].[H-].[H-].[Na+].[Na+].[Na+]. The van der Waals surface area contributed by atoms with Crippen LogP contribution in [0.4, 0.5) is 0 Å². The standard InChI is InChI=1S/C7H11NO6.3Na.3H/c1-4(7(13)14)8(2-5(9)10)3-6(11)12;;;;;;/h4H,2-3H2,1H3,(H,9,10)(H,11,12)(H,13,14);;;;;;/q;3*+1;3*-1. The van der Waals surface area contributed by atoms with Crippen LogP contribution in [0.1, 0.15) is 11.2 Å². The largest absolute Gasteiger partial charge is 1.00 e. The van der Waals surface area contributed by atoms with Crippen LogP contribution in [0, 0.1) is 0 Å². The zero-order valence-electron chi connectivity index (χ0n) is 13.5. The van der Waals surface area contributed by atoms with Crippen molar-refractivity contribution in [2.24, 2.45) is 0 Å². The van der Waals surface area contributed by atoms with Crippen molar-refractivity contribution >= 4 is 17.9 Å². The van der Waals surface area contributed by atoms with Crippen molar-refractivity contribution in [1.29, 1.82) is 0 Å². The molecule has 0 saturated heterocycles. The van der Waals surface area contributed by atoms with Crippen LogP contribution in [0.2, 0.25) is 0 Å². The van der Waals surface area contributed by atoms with E-state index in [1.807, 2.05) is 0 Å². The number of hydrogen-bond acceptors (Lipinski definition) is 4. The molecule has 1 atom stereocenters. The molecule has 0 aromatic rings. The van der Waals surface area contributed by atoms with E-state index >= 15 is 0 Å². The third-order valence-corrected chi connectivity index (χ3v) is 1.58. The third kappa shape index (κ3) is 13.6. The van der Waals surface area contributed by atoms with Crippen molar-refractivity contribution in [2.45, 2.75) is 13.0 Å². The van der Waals surface area contributed by atoms with Gasteiger partial charge >= 0.3 is 107 Å². The van der Waals surface area contributed by atoms with E-state index in [1.54, 1.807) is 0 Å². The molecule has 0 rings (SSSR count). The van der Waals surface area contributed by atoms with E-state index < -0.39 is 37.0 Å². The first-order valence-corrected chi connectivity index (χ1v) is 3.75. The number of carboxylic acids is 3. The summed E-state index contributed by atoms with van der Waals surface area (Å²) in [4.78, 5) is 31.9. The van der Waals surface area contributed by atoms with Gasteiger partial charge in [0.15, 0.2) is 0 Å². The van der Waals surface area contributed by atoms with Crippen LogP contribution in [0.3, 0.4) is 0 Å². The minimum absolute atomic E-state index is 0. The van der Waals surface area contributed by atoms with E-state index in [0.717, 1.165) is 4.90 Å². The van der Waals surface area contributed by atoms with Crippen LogP contribution in [0.5, 0.6) is 0 Å². The monoisotopic (exact) mass is 277 g/mol. The molecule has 0 aromatic carbocycles. The predicted octanol–water partition coefficient (Wildman–Crippen LogP) is -9.72. The van der Waals surface area contributed by atoms with E-state index in [2.05, 4.69) is 0 Å². The van der Waals surface area contributed by atoms with Crippen molar-refractivity contribution < 1.29 is 123 Å². The Morgan fingerprint density at radius 1 is 1.00 bits per heavy atom. The number of rotatable bonds is 6. The van der Waals surface area contributed by atoms with Crippen molar-refractivity contribution in [3.05, 3.63) is 0 Å². The van der Waals surface area contributed by atoms with Crippen LogP contribution in [-0.2, 0) is 14.4 Å². The summed E-state index contributed by atoms with van der Waals surface area (Å²) in [5.41, 5.74) is 0. The fourth-order valence-corrected chi connectivity index (χ4v) is 0.833. The fraction of sp³-hybridized carbons (Fsp3) is 0.571. The second kappa shape index (κ2) is 13.8. The molecule has 17 heavy (non-hydrogen) atoms. The summed E-state index contributed by atoms with van der Waals surface area (Å²) in [7, 11) is 0. The predicted molar refractivity (Wildman–Crippen MR) is 47.3 cm³/mol. The fourth-order valence-electron chi connectivity index (χ4n) is 0.833. The zero-order valence-corrected chi connectivity index (χ0v) is 16.5. The molecule has 1 unspecified atom stereocenters. The van der Waals surface area contributed by atoms with Gasteiger partial charge in [-0.15, -0.1) is 0 Å². The van der Waals surface area contributed by atoms with E-state index in [4.69, 9.17) is 15.3 Å². The number of aliphatic carboxylic acids is 3. The molecule has 0 bridgehead atoms. The first kappa shape index (κ1) is 26.8. The van der Waals surface area contributed by atoms with Crippen LogP contribution in [0.25, 0.3) is 0 Å². The molecule has 10 heteroatoms. The molecule has 0 aromatic heterocycles. The minimum Gasteiger partial charge on any atom is -1.00 e. The second-order valence-corrected chi connectivity index (χ2v) is 2.71. The van der Waals surface area contributed by atoms with Gasteiger partial charge in [-0.2, -0.15) is 0 Å². The summed E-state index contributed by atoms with van der Waals surface area (Å²) < 4.78 is 0. The summed E-state index contributed by atoms with van der Waals surface area (Å²) in [5, 5.41) is 25.4. The maximum Gasteiger partial charge on any atom is 1.00 e. The smallest absolute Gasteiger partial charge is 1.00 e. The normalized spacial score (nSPS) is 10.2. The van der Waals surface area contributed by atoms with Crippen LogP contribution in [0.15, 0.2) is 0 Å². The molecule has 0 heterocycles. The Balaban J connectivity index is -0.0000000563. The van der Waals surface area contributed by atoms with E-state index in [1.165, 1.54) is 6.92 Å². The third-order valence-electron chi connectivity index (χ3n) is 1.58. The number of nitrogens with zero attached hydrogens (tertiary/aromatic N) is 1. The van der Waals surface area contributed by atoms with Gasteiger partial charge in [-0.1, -0.05) is 0 Å². The molecule has 0 fully saturated rings.